The number of halogens is 4. The number of ether oxygens (including phenoxy) is 3. The van der Waals surface area contributed by atoms with Gasteiger partial charge in [-0.1, -0.05) is 25.0 Å². The molecule has 1 aromatic carbocycles. The highest BCUT2D eigenvalue weighted by atomic mass is 32.2. The Balaban J connectivity index is 1.27. The molecular formula is C41H50F4N4O9S. The Kier molecular flexibility index (Phi) is 11.0. The monoisotopic (exact) mass is 850 g/mol. The van der Waals surface area contributed by atoms with Gasteiger partial charge in [0.05, 0.1) is 23.2 Å². The summed E-state index contributed by atoms with van der Waals surface area (Å²) in [6.45, 7) is 5.08. The Morgan fingerprint density at radius 3 is 2.51 bits per heavy atom. The number of allylic oxidation sites excluding steroid dienone is 1. The minimum atomic E-state index is -4.98. The topological polar surface area (TPSA) is 170 Å². The van der Waals surface area contributed by atoms with Crippen LogP contribution in [-0.2, 0) is 46.5 Å². The van der Waals surface area contributed by atoms with Gasteiger partial charge < -0.3 is 24.4 Å². The van der Waals surface area contributed by atoms with Crippen LogP contribution in [0.15, 0.2) is 30.4 Å². The van der Waals surface area contributed by atoms with Crippen molar-refractivity contribution in [2.24, 2.45) is 11.8 Å². The molecule has 7 rings (SSSR count). The Bertz CT molecular complexity index is 2190. The van der Waals surface area contributed by atoms with Crippen LogP contribution in [-0.4, -0.2) is 82.9 Å². The molecule has 0 radical (unpaired) electrons. The molecule has 18 heteroatoms. The number of nitrogens with one attached hydrogen (secondary N) is 2. The van der Waals surface area contributed by atoms with E-state index >= 15 is 0 Å². The first kappa shape index (κ1) is 42.6. The van der Waals surface area contributed by atoms with E-state index in [-0.39, 0.29) is 67.3 Å². The number of aryl methyl sites for hydroxylation is 1. The summed E-state index contributed by atoms with van der Waals surface area (Å²) in [5, 5.41) is 3.04. The first-order valence-corrected chi connectivity index (χ1v) is 21.6. The molecule has 3 aliphatic heterocycles. The van der Waals surface area contributed by atoms with Gasteiger partial charge in [0.25, 0.3) is 5.91 Å². The van der Waals surface area contributed by atoms with Gasteiger partial charge in [0.2, 0.25) is 28.7 Å². The number of hydrogen-bond acceptors (Lipinski definition) is 10. The Labute approximate surface area is 340 Å². The van der Waals surface area contributed by atoms with E-state index in [0.29, 0.717) is 38.5 Å². The molecule has 13 nitrogen and oxygen atoms in total. The number of aromatic nitrogens is 1. The van der Waals surface area contributed by atoms with Crippen molar-refractivity contribution in [2.75, 3.05) is 13.4 Å². The van der Waals surface area contributed by atoms with E-state index in [1.54, 1.807) is 26.8 Å². The fraction of sp³-hybridized carbons (Fsp3) is 0.634. The summed E-state index contributed by atoms with van der Waals surface area (Å²) in [5.41, 5.74) is -5.28. The molecule has 3 amide bonds. The minimum Gasteiger partial charge on any atom is -0.483 e. The number of carbonyl (C=O) groups excluding carboxylic acids is 4. The molecule has 59 heavy (non-hydrogen) atoms. The standard InChI is InChI=1S/C41H50F4N4O9S/c1-37(2,3)57-31(50)18-24-10-8-6-5-7-9-11-25-20-40(25,36(53)48-59(54,55)38(4)16-17-38)47-34(51)30-21-39(22-49(30)35(24)52)15-14-27-28-19-26(56-23-42)12-13-29(28)46-33(32(27)58-39)41(43,44)45/h9,11-13,19,24-25,30H,5-8,10,14-18,20-23H2,1-4H3,(H,47,51)(H,48,53)/b11-9-/t24-,25-,30+,39-,40-/m1/s1. The number of benzene rings is 1. The fourth-order valence-corrected chi connectivity index (χ4v) is 9.88. The first-order chi connectivity index (χ1) is 27.6. The predicted molar refractivity (Wildman–Crippen MR) is 205 cm³/mol. The van der Waals surface area contributed by atoms with E-state index < -0.39 is 97.6 Å². The Hall–Kier alpha value is -4.48. The Morgan fingerprint density at radius 1 is 1.08 bits per heavy atom. The number of carbonyl (C=O) groups is 4. The zero-order valence-electron chi connectivity index (χ0n) is 33.5. The van der Waals surface area contributed by atoms with Gasteiger partial charge in [-0.2, -0.15) is 13.2 Å². The van der Waals surface area contributed by atoms with E-state index in [9.17, 15) is 45.2 Å². The van der Waals surface area contributed by atoms with Crippen molar-refractivity contribution in [1.82, 2.24) is 19.9 Å². The van der Waals surface area contributed by atoms with Gasteiger partial charge in [0.1, 0.15) is 28.5 Å². The van der Waals surface area contributed by atoms with Crippen LogP contribution in [0.4, 0.5) is 17.6 Å². The molecule has 0 unspecified atom stereocenters. The third-order valence-corrected chi connectivity index (χ3v) is 14.4. The van der Waals surface area contributed by atoms with Crippen molar-refractivity contribution in [1.29, 1.82) is 0 Å². The maximum Gasteiger partial charge on any atom is 0.437 e. The molecular weight excluding hydrogens is 801 g/mol. The SMILES string of the molecule is CC(C)(C)OC(=O)C[C@H]1CCCCC/C=C\[C@@H]2C[C@@]2(C(=O)NS(=O)(=O)C2(C)CC2)NC(=O)[C@@H]2C[C@]3(CCc4c(c(C(F)(F)F)nc5ccc(OCF)cc45)O3)CN2C1=O. The largest absolute Gasteiger partial charge is 0.483 e. The molecule has 322 valence electrons. The van der Waals surface area contributed by atoms with Crippen LogP contribution in [0.25, 0.3) is 10.9 Å². The average Bonchev–Trinajstić information content (AvgIpc) is 4.03. The number of sulfonamides is 1. The van der Waals surface area contributed by atoms with Crippen molar-refractivity contribution in [2.45, 2.75) is 138 Å². The van der Waals surface area contributed by atoms with Crippen molar-refractivity contribution >= 4 is 44.6 Å². The first-order valence-electron chi connectivity index (χ1n) is 20.1. The average molecular weight is 851 g/mol. The van der Waals surface area contributed by atoms with Gasteiger partial charge in [0.15, 0.2) is 11.4 Å². The van der Waals surface area contributed by atoms with E-state index in [1.807, 2.05) is 6.08 Å². The molecule has 4 heterocycles. The molecule has 2 aromatic rings. The van der Waals surface area contributed by atoms with Crippen LogP contribution < -0.4 is 19.5 Å². The van der Waals surface area contributed by atoms with E-state index in [2.05, 4.69) is 15.0 Å². The number of rotatable bonds is 7. The number of esters is 1. The number of alkyl halides is 4. The third kappa shape index (κ3) is 8.60. The second kappa shape index (κ2) is 15.2. The summed E-state index contributed by atoms with van der Waals surface area (Å²) in [5.74, 6) is -5.04. The summed E-state index contributed by atoms with van der Waals surface area (Å²) >= 11 is 0. The number of pyridine rings is 1. The lowest BCUT2D eigenvalue weighted by molar-refractivity contribution is -0.159. The molecule has 3 fully saturated rings. The van der Waals surface area contributed by atoms with E-state index in [0.717, 1.165) is 0 Å². The highest BCUT2D eigenvalue weighted by Gasteiger charge is 2.64. The summed E-state index contributed by atoms with van der Waals surface area (Å²) in [4.78, 5) is 61.7. The van der Waals surface area contributed by atoms with Crippen LogP contribution >= 0.6 is 0 Å². The van der Waals surface area contributed by atoms with E-state index in [1.165, 1.54) is 30.0 Å². The predicted octanol–water partition coefficient (Wildman–Crippen LogP) is 5.97. The smallest absolute Gasteiger partial charge is 0.437 e. The molecule has 2 saturated carbocycles. The molecule has 2 N–H and O–H groups in total. The second-order valence-electron chi connectivity index (χ2n) is 17.9. The molecule has 1 spiro atoms. The number of fused-ring (bicyclic) bond motifs is 5. The zero-order chi connectivity index (χ0) is 42.8. The lowest BCUT2D eigenvalue weighted by Gasteiger charge is -2.37. The lowest BCUT2D eigenvalue weighted by Crippen LogP contribution is -2.57. The molecule has 1 saturated heterocycles. The highest BCUT2D eigenvalue weighted by molar-refractivity contribution is 7.91. The van der Waals surface area contributed by atoms with Crippen molar-refractivity contribution in [3.8, 4) is 11.5 Å². The maximum atomic E-state index is 14.8. The summed E-state index contributed by atoms with van der Waals surface area (Å²) in [6, 6.07) is 2.59. The number of amides is 3. The third-order valence-electron chi connectivity index (χ3n) is 12.2. The van der Waals surface area contributed by atoms with Crippen molar-refractivity contribution in [3.05, 3.63) is 41.6 Å². The van der Waals surface area contributed by atoms with Crippen LogP contribution in [0.1, 0.15) is 110 Å². The van der Waals surface area contributed by atoms with E-state index in [4.69, 9.17) is 14.2 Å². The van der Waals surface area contributed by atoms with Gasteiger partial charge in [-0.25, -0.2) is 17.8 Å². The van der Waals surface area contributed by atoms with Gasteiger partial charge in [0, 0.05) is 29.2 Å². The van der Waals surface area contributed by atoms with Crippen LogP contribution in [0, 0.1) is 11.8 Å². The highest BCUT2D eigenvalue weighted by Crippen LogP contribution is 2.51. The molecule has 2 aliphatic carbocycles. The summed E-state index contributed by atoms with van der Waals surface area (Å²) in [6.07, 6.45) is 1.70. The van der Waals surface area contributed by atoms with Gasteiger partial charge in [-0.15, -0.1) is 0 Å². The summed E-state index contributed by atoms with van der Waals surface area (Å²) in [7, 11) is -4.10. The minimum absolute atomic E-state index is 0.00986. The van der Waals surface area contributed by atoms with Crippen LogP contribution in [0.2, 0.25) is 0 Å². The maximum absolute atomic E-state index is 14.8. The summed E-state index contributed by atoms with van der Waals surface area (Å²) < 4.78 is 102. The Morgan fingerprint density at radius 2 is 1.83 bits per heavy atom. The van der Waals surface area contributed by atoms with Crippen LogP contribution in [0.5, 0.6) is 11.5 Å². The van der Waals surface area contributed by atoms with Crippen molar-refractivity contribution < 1.29 is 59.4 Å². The molecule has 0 bridgehead atoms. The van der Waals surface area contributed by atoms with Gasteiger partial charge in [-0.05, 0) is 97.3 Å². The number of nitrogens with zero attached hydrogens (tertiary/aromatic N) is 2. The van der Waals surface area contributed by atoms with Gasteiger partial charge in [-0.3, -0.25) is 23.9 Å². The van der Waals surface area contributed by atoms with Gasteiger partial charge >= 0.3 is 12.1 Å². The fourth-order valence-electron chi connectivity index (χ4n) is 8.57. The molecule has 1 aromatic heterocycles. The molecule has 5 atom stereocenters. The number of hydrogen-bond donors (Lipinski definition) is 2. The molecule has 5 aliphatic rings. The normalized spacial score (nSPS) is 28.8. The second-order valence-corrected chi connectivity index (χ2v) is 20.1. The zero-order valence-corrected chi connectivity index (χ0v) is 34.3. The van der Waals surface area contributed by atoms with Crippen molar-refractivity contribution in [3.63, 3.8) is 0 Å². The van der Waals surface area contributed by atoms with Crippen LogP contribution in [0.3, 0.4) is 0 Å². The lowest BCUT2D eigenvalue weighted by atomic mass is 9.87. The quantitative estimate of drug-likeness (QED) is 0.192.